The SMILES string of the molecule is Cc1nn(C)c(Cl)c1S(=O)(=O)Nc1c(F)c(C#N)c(F)c(F)c1C#N. The summed E-state index contributed by atoms with van der Waals surface area (Å²) in [7, 11) is -3.27. The summed E-state index contributed by atoms with van der Waals surface area (Å²) in [4.78, 5) is -0.539. The predicted octanol–water partition coefficient (Wildman–Crippen LogP) is 2.34. The van der Waals surface area contributed by atoms with Crippen molar-refractivity contribution in [3.05, 3.63) is 39.4 Å². The van der Waals surface area contributed by atoms with E-state index in [1.165, 1.54) is 14.0 Å². The average Bonchev–Trinajstić information content (AvgIpc) is 2.79. The molecule has 0 saturated heterocycles. The Morgan fingerprint density at radius 2 is 1.64 bits per heavy atom. The smallest absolute Gasteiger partial charge is 0.266 e. The number of anilines is 1. The molecular formula is C13H7ClF3N5O2S. The first-order valence-corrected chi connectivity index (χ1v) is 8.15. The van der Waals surface area contributed by atoms with Crippen LogP contribution in [-0.4, -0.2) is 18.2 Å². The molecule has 1 heterocycles. The number of aryl methyl sites for hydroxylation is 2. The molecule has 25 heavy (non-hydrogen) atoms. The second-order valence-electron chi connectivity index (χ2n) is 4.73. The number of benzene rings is 1. The van der Waals surface area contributed by atoms with Crippen molar-refractivity contribution in [1.29, 1.82) is 10.5 Å². The van der Waals surface area contributed by atoms with E-state index in [0.717, 1.165) is 16.8 Å². The molecule has 0 saturated carbocycles. The van der Waals surface area contributed by atoms with Crippen LogP contribution in [0.3, 0.4) is 0 Å². The monoisotopic (exact) mass is 389 g/mol. The number of hydrogen-bond acceptors (Lipinski definition) is 5. The van der Waals surface area contributed by atoms with E-state index in [2.05, 4.69) is 5.10 Å². The lowest BCUT2D eigenvalue weighted by atomic mass is 10.1. The topological polar surface area (TPSA) is 112 Å². The summed E-state index contributed by atoms with van der Waals surface area (Å²) >= 11 is 5.83. The van der Waals surface area contributed by atoms with Crippen LogP contribution in [-0.2, 0) is 17.1 Å². The van der Waals surface area contributed by atoms with Gasteiger partial charge in [-0.2, -0.15) is 15.6 Å². The Balaban J connectivity index is 2.75. The van der Waals surface area contributed by atoms with Gasteiger partial charge in [-0.1, -0.05) is 11.6 Å². The molecule has 0 aliphatic carbocycles. The number of nitrogens with zero attached hydrogens (tertiary/aromatic N) is 4. The van der Waals surface area contributed by atoms with Crippen LogP contribution in [0.5, 0.6) is 0 Å². The fourth-order valence-corrected chi connectivity index (χ4v) is 3.89. The molecule has 1 N–H and O–H groups in total. The van der Waals surface area contributed by atoms with Crippen LogP contribution in [0, 0.1) is 47.0 Å². The Labute approximate surface area is 144 Å². The minimum Gasteiger partial charge on any atom is -0.275 e. The molecule has 0 fully saturated rings. The molecule has 0 radical (unpaired) electrons. The van der Waals surface area contributed by atoms with Crippen molar-refractivity contribution in [3.8, 4) is 12.1 Å². The van der Waals surface area contributed by atoms with Gasteiger partial charge in [-0.25, -0.2) is 21.6 Å². The van der Waals surface area contributed by atoms with E-state index < -0.39 is 49.2 Å². The number of hydrogen-bond donors (Lipinski definition) is 1. The molecule has 7 nitrogen and oxygen atoms in total. The fourth-order valence-electron chi connectivity index (χ4n) is 2.06. The van der Waals surface area contributed by atoms with Crippen molar-refractivity contribution in [2.24, 2.45) is 7.05 Å². The predicted molar refractivity (Wildman–Crippen MR) is 79.5 cm³/mol. The van der Waals surface area contributed by atoms with Gasteiger partial charge in [-0.15, -0.1) is 0 Å². The lowest BCUT2D eigenvalue weighted by Gasteiger charge is -2.12. The van der Waals surface area contributed by atoms with E-state index in [1.54, 1.807) is 4.72 Å². The molecule has 0 spiro atoms. The zero-order chi connectivity index (χ0) is 19.1. The third-order valence-electron chi connectivity index (χ3n) is 3.15. The van der Waals surface area contributed by atoms with E-state index in [1.807, 2.05) is 0 Å². The third kappa shape index (κ3) is 2.88. The second kappa shape index (κ2) is 6.27. The highest BCUT2D eigenvalue weighted by Gasteiger charge is 2.31. The zero-order valence-electron chi connectivity index (χ0n) is 12.5. The first kappa shape index (κ1) is 18.6. The molecule has 0 atom stereocenters. The Morgan fingerprint density at radius 3 is 2.08 bits per heavy atom. The Hall–Kier alpha value is -2.76. The van der Waals surface area contributed by atoms with Crippen molar-refractivity contribution < 1.29 is 21.6 Å². The summed E-state index contributed by atoms with van der Waals surface area (Å²) in [6, 6.07) is 2.23. The van der Waals surface area contributed by atoms with E-state index in [4.69, 9.17) is 22.1 Å². The molecule has 0 unspecified atom stereocenters. The Bertz CT molecular complexity index is 1080. The minimum absolute atomic E-state index is 0.0537. The van der Waals surface area contributed by atoms with Gasteiger partial charge in [0, 0.05) is 7.05 Å². The lowest BCUT2D eigenvalue weighted by Crippen LogP contribution is -2.18. The molecule has 12 heteroatoms. The van der Waals surface area contributed by atoms with Gasteiger partial charge in [-0.3, -0.25) is 9.40 Å². The minimum atomic E-state index is -4.62. The van der Waals surface area contributed by atoms with Gasteiger partial charge in [0.15, 0.2) is 17.5 Å². The van der Waals surface area contributed by atoms with E-state index in [-0.39, 0.29) is 10.8 Å². The number of halogens is 4. The lowest BCUT2D eigenvalue weighted by molar-refractivity contribution is 0.490. The van der Waals surface area contributed by atoms with Crippen LogP contribution < -0.4 is 4.72 Å². The average molecular weight is 390 g/mol. The molecule has 1 aromatic heterocycles. The van der Waals surface area contributed by atoms with Crippen molar-refractivity contribution >= 4 is 27.3 Å². The zero-order valence-corrected chi connectivity index (χ0v) is 14.1. The first-order chi connectivity index (χ1) is 11.6. The van der Waals surface area contributed by atoms with Gasteiger partial charge >= 0.3 is 0 Å². The molecule has 0 amide bonds. The van der Waals surface area contributed by atoms with Crippen molar-refractivity contribution in [1.82, 2.24) is 9.78 Å². The van der Waals surface area contributed by atoms with Gasteiger partial charge in [0.2, 0.25) is 0 Å². The van der Waals surface area contributed by atoms with E-state index >= 15 is 0 Å². The summed E-state index contributed by atoms with van der Waals surface area (Å²) in [6.45, 7) is 1.30. The molecule has 0 aliphatic heterocycles. The fraction of sp³-hybridized carbons (Fsp3) is 0.154. The van der Waals surface area contributed by atoms with Crippen LogP contribution in [0.1, 0.15) is 16.8 Å². The Kier molecular flexibility index (Phi) is 4.66. The van der Waals surface area contributed by atoms with Gasteiger partial charge in [-0.05, 0) is 6.92 Å². The van der Waals surface area contributed by atoms with E-state index in [0.29, 0.717) is 0 Å². The number of nitriles is 2. The number of nitrogens with one attached hydrogen (secondary N) is 1. The quantitative estimate of drug-likeness (QED) is 0.810. The maximum Gasteiger partial charge on any atom is 0.266 e. The van der Waals surface area contributed by atoms with Gasteiger partial charge in [0.25, 0.3) is 10.0 Å². The molecule has 1 aromatic carbocycles. The molecule has 0 aliphatic rings. The largest absolute Gasteiger partial charge is 0.275 e. The number of rotatable bonds is 3. The number of aromatic nitrogens is 2. The van der Waals surface area contributed by atoms with Gasteiger partial charge in [0.05, 0.1) is 5.69 Å². The normalized spacial score (nSPS) is 11.0. The standard InChI is InChI=1S/C13H7ClF3N5O2S/c1-5-12(13(14)22(2)20-5)25(23,24)21-11-7(4-19)9(16)8(15)6(3-18)10(11)17/h21H,1-2H3. The third-order valence-corrected chi connectivity index (χ3v) is 5.19. The molecular weight excluding hydrogens is 383 g/mol. The van der Waals surface area contributed by atoms with Crippen LogP contribution in [0.2, 0.25) is 5.15 Å². The van der Waals surface area contributed by atoms with Gasteiger partial charge in [0.1, 0.15) is 39.0 Å². The van der Waals surface area contributed by atoms with Crippen LogP contribution in [0.15, 0.2) is 4.90 Å². The highest BCUT2D eigenvalue weighted by Crippen LogP contribution is 2.32. The maximum absolute atomic E-state index is 14.3. The van der Waals surface area contributed by atoms with Crippen LogP contribution in [0.25, 0.3) is 0 Å². The van der Waals surface area contributed by atoms with Crippen molar-refractivity contribution in [3.63, 3.8) is 0 Å². The van der Waals surface area contributed by atoms with Crippen molar-refractivity contribution in [2.75, 3.05) is 4.72 Å². The Morgan fingerprint density at radius 1 is 1.12 bits per heavy atom. The molecule has 130 valence electrons. The first-order valence-electron chi connectivity index (χ1n) is 6.29. The molecule has 0 bridgehead atoms. The highest BCUT2D eigenvalue weighted by molar-refractivity contribution is 7.92. The highest BCUT2D eigenvalue weighted by atomic mass is 35.5. The summed E-state index contributed by atoms with van der Waals surface area (Å²) in [5.74, 6) is -5.47. The van der Waals surface area contributed by atoms with Crippen LogP contribution >= 0.6 is 11.6 Å². The number of sulfonamides is 1. The van der Waals surface area contributed by atoms with Crippen molar-refractivity contribution in [2.45, 2.75) is 11.8 Å². The summed E-state index contributed by atoms with van der Waals surface area (Å²) in [6.07, 6.45) is 0. The summed E-state index contributed by atoms with van der Waals surface area (Å²) < 4.78 is 69.2. The van der Waals surface area contributed by atoms with Gasteiger partial charge < -0.3 is 0 Å². The summed E-state index contributed by atoms with van der Waals surface area (Å²) in [5.41, 5.74) is -3.86. The van der Waals surface area contributed by atoms with E-state index in [9.17, 15) is 21.6 Å². The van der Waals surface area contributed by atoms with Crippen LogP contribution in [0.4, 0.5) is 18.9 Å². The second-order valence-corrected chi connectivity index (χ2v) is 6.70. The maximum atomic E-state index is 14.3. The molecule has 2 aromatic rings. The summed E-state index contributed by atoms with van der Waals surface area (Å²) in [5, 5.41) is 21.1. The molecule has 2 rings (SSSR count).